The summed E-state index contributed by atoms with van der Waals surface area (Å²) in [4.78, 5) is 20.9. The normalized spacial score (nSPS) is 15.4. The van der Waals surface area contributed by atoms with Crippen LogP contribution in [0.1, 0.15) is 24.1 Å². The van der Waals surface area contributed by atoms with Crippen LogP contribution in [0, 0.1) is 0 Å². The first-order valence-corrected chi connectivity index (χ1v) is 8.53. The number of nitrogens with one attached hydrogen (secondary N) is 1. The average Bonchev–Trinajstić information content (AvgIpc) is 2.67. The third-order valence-corrected chi connectivity index (χ3v) is 4.30. The number of alkyl halides is 3. The Morgan fingerprint density at radius 1 is 1.19 bits per heavy atom. The Kier molecular flexibility index (Phi) is 5.78. The predicted octanol–water partition coefficient (Wildman–Crippen LogP) is 3.39. The van der Waals surface area contributed by atoms with Crippen LogP contribution in [0.4, 0.5) is 23.8 Å². The molecule has 0 unspecified atom stereocenters. The van der Waals surface area contributed by atoms with Crippen LogP contribution in [0.25, 0.3) is 0 Å². The molecule has 3 rings (SSSR count). The minimum Gasteiger partial charge on any atom is -0.445 e. The minimum atomic E-state index is -4.50. The van der Waals surface area contributed by atoms with Gasteiger partial charge in [-0.05, 0) is 18.4 Å². The van der Waals surface area contributed by atoms with Gasteiger partial charge in [-0.15, -0.1) is 0 Å². The molecular formula is C18H19F3N4O2. The third-order valence-electron chi connectivity index (χ3n) is 4.30. The lowest BCUT2D eigenvalue weighted by molar-refractivity contribution is -0.141. The van der Waals surface area contributed by atoms with Crippen LogP contribution in [0.2, 0.25) is 0 Å². The topological polar surface area (TPSA) is 67.4 Å². The zero-order valence-electron chi connectivity index (χ0n) is 14.4. The van der Waals surface area contributed by atoms with E-state index in [-0.39, 0.29) is 18.5 Å². The smallest absolute Gasteiger partial charge is 0.433 e. The molecule has 6 nitrogen and oxygen atoms in total. The predicted molar refractivity (Wildman–Crippen MR) is 92.0 cm³/mol. The summed E-state index contributed by atoms with van der Waals surface area (Å²) in [6.45, 7) is 1.16. The Labute approximate surface area is 154 Å². The molecule has 0 spiro atoms. The first-order valence-electron chi connectivity index (χ1n) is 8.53. The molecule has 1 aromatic heterocycles. The summed E-state index contributed by atoms with van der Waals surface area (Å²) < 4.78 is 43.5. The quantitative estimate of drug-likeness (QED) is 0.881. The van der Waals surface area contributed by atoms with Crippen molar-refractivity contribution in [2.75, 3.05) is 18.0 Å². The summed E-state index contributed by atoms with van der Waals surface area (Å²) in [6, 6.07) is 10.2. The van der Waals surface area contributed by atoms with E-state index in [1.807, 2.05) is 30.3 Å². The number of piperidine rings is 1. The van der Waals surface area contributed by atoms with E-state index in [9.17, 15) is 18.0 Å². The maximum absolute atomic E-state index is 12.8. The standard InChI is InChI=1S/C18H19F3N4O2/c19-18(20,21)15-10-16(23-12-22-15)25-8-6-14(7-9-25)24-17(26)27-11-13-4-2-1-3-5-13/h1-5,10,12,14H,6-9,11H2,(H,24,26). The minimum absolute atomic E-state index is 0.0894. The van der Waals surface area contributed by atoms with Crippen molar-refractivity contribution < 1.29 is 22.7 Å². The summed E-state index contributed by atoms with van der Waals surface area (Å²) in [5, 5.41) is 2.80. The Morgan fingerprint density at radius 3 is 2.56 bits per heavy atom. The van der Waals surface area contributed by atoms with Crippen molar-refractivity contribution in [1.82, 2.24) is 15.3 Å². The van der Waals surface area contributed by atoms with Gasteiger partial charge < -0.3 is 15.0 Å². The van der Waals surface area contributed by atoms with Crippen LogP contribution < -0.4 is 10.2 Å². The molecule has 1 saturated heterocycles. The molecule has 2 aromatic rings. The molecule has 2 heterocycles. The van der Waals surface area contributed by atoms with E-state index in [0.29, 0.717) is 25.9 Å². The maximum atomic E-state index is 12.8. The average molecular weight is 380 g/mol. The second-order valence-electron chi connectivity index (χ2n) is 6.23. The van der Waals surface area contributed by atoms with Crippen molar-refractivity contribution in [1.29, 1.82) is 0 Å². The summed E-state index contributed by atoms with van der Waals surface area (Å²) in [7, 11) is 0. The number of halogens is 3. The molecule has 1 amide bonds. The first kappa shape index (κ1) is 18.9. The number of aromatic nitrogens is 2. The lowest BCUT2D eigenvalue weighted by Gasteiger charge is -2.33. The molecule has 1 aromatic carbocycles. The van der Waals surface area contributed by atoms with Gasteiger partial charge in [-0.3, -0.25) is 0 Å². The lowest BCUT2D eigenvalue weighted by Crippen LogP contribution is -2.45. The van der Waals surface area contributed by atoms with Crippen molar-refractivity contribution in [3.05, 3.63) is 54.0 Å². The Hall–Kier alpha value is -2.84. The van der Waals surface area contributed by atoms with Crippen molar-refractivity contribution in [2.24, 2.45) is 0 Å². The number of amides is 1. The summed E-state index contributed by atoms with van der Waals surface area (Å²) in [5.41, 5.74) is -0.0658. The van der Waals surface area contributed by atoms with Crippen LogP contribution in [0.15, 0.2) is 42.7 Å². The van der Waals surface area contributed by atoms with E-state index < -0.39 is 18.0 Å². The molecule has 0 aliphatic carbocycles. The Balaban J connectivity index is 1.47. The maximum Gasteiger partial charge on any atom is 0.433 e. The molecule has 1 aliphatic rings. The second kappa shape index (κ2) is 8.24. The van der Waals surface area contributed by atoms with Gasteiger partial charge in [0.05, 0.1) is 0 Å². The molecule has 1 N–H and O–H groups in total. The van der Waals surface area contributed by atoms with Gasteiger partial charge in [-0.25, -0.2) is 14.8 Å². The van der Waals surface area contributed by atoms with Gasteiger partial charge in [-0.1, -0.05) is 30.3 Å². The number of carbonyl (C=O) groups excluding carboxylic acids is 1. The van der Waals surface area contributed by atoms with Gasteiger partial charge in [0.2, 0.25) is 0 Å². The molecule has 1 fully saturated rings. The molecule has 1 aliphatic heterocycles. The van der Waals surface area contributed by atoms with E-state index >= 15 is 0 Å². The van der Waals surface area contributed by atoms with Gasteiger partial charge in [-0.2, -0.15) is 13.2 Å². The van der Waals surface area contributed by atoms with Crippen molar-refractivity contribution in [2.45, 2.75) is 31.7 Å². The lowest BCUT2D eigenvalue weighted by atomic mass is 10.1. The monoisotopic (exact) mass is 380 g/mol. The van der Waals surface area contributed by atoms with Gasteiger partial charge in [0.15, 0.2) is 0 Å². The number of rotatable bonds is 4. The number of hydrogen-bond acceptors (Lipinski definition) is 5. The highest BCUT2D eigenvalue weighted by atomic mass is 19.4. The van der Waals surface area contributed by atoms with Crippen LogP contribution in [-0.4, -0.2) is 35.2 Å². The van der Waals surface area contributed by atoms with Gasteiger partial charge in [0.1, 0.15) is 24.4 Å². The molecule has 27 heavy (non-hydrogen) atoms. The summed E-state index contributed by atoms with van der Waals surface area (Å²) in [6.07, 6.45) is -2.90. The van der Waals surface area contributed by atoms with E-state index in [0.717, 1.165) is 18.0 Å². The highest BCUT2D eigenvalue weighted by Gasteiger charge is 2.33. The fourth-order valence-corrected chi connectivity index (χ4v) is 2.86. The van der Waals surface area contributed by atoms with Crippen LogP contribution in [0.3, 0.4) is 0 Å². The molecule has 144 valence electrons. The fourth-order valence-electron chi connectivity index (χ4n) is 2.86. The van der Waals surface area contributed by atoms with Crippen LogP contribution in [0.5, 0.6) is 0 Å². The number of anilines is 1. The van der Waals surface area contributed by atoms with E-state index in [2.05, 4.69) is 15.3 Å². The molecule has 9 heteroatoms. The Morgan fingerprint density at radius 2 is 1.89 bits per heavy atom. The Bertz CT molecular complexity index is 763. The highest BCUT2D eigenvalue weighted by molar-refractivity contribution is 5.67. The van der Waals surface area contributed by atoms with Crippen LogP contribution in [-0.2, 0) is 17.5 Å². The van der Waals surface area contributed by atoms with Crippen molar-refractivity contribution >= 4 is 11.9 Å². The zero-order valence-corrected chi connectivity index (χ0v) is 14.4. The SMILES string of the molecule is O=C(NC1CCN(c2cc(C(F)(F)F)ncn2)CC1)OCc1ccccc1. The number of alkyl carbamates (subject to hydrolysis) is 1. The number of hydrogen-bond donors (Lipinski definition) is 1. The van der Waals surface area contributed by atoms with Crippen molar-refractivity contribution in [3.8, 4) is 0 Å². The molecule has 0 bridgehead atoms. The molecule has 0 radical (unpaired) electrons. The second-order valence-corrected chi connectivity index (χ2v) is 6.23. The molecular weight excluding hydrogens is 361 g/mol. The summed E-state index contributed by atoms with van der Waals surface area (Å²) in [5.74, 6) is 0.238. The summed E-state index contributed by atoms with van der Waals surface area (Å²) >= 11 is 0. The number of ether oxygens (including phenoxy) is 1. The van der Waals surface area contributed by atoms with Crippen LogP contribution >= 0.6 is 0 Å². The number of nitrogens with zero attached hydrogens (tertiary/aromatic N) is 3. The van der Waals surface area contributed by atoms with Gasteiger partial charge in [0, 0.05) is 25.2 Å². The third kappa shape index (κ3) is 5.32. The highest BCUT2D eigenvalue weighted by Crippen LogP contribution is 2.29. The van der Waals surface area contributed by atoms with E-state index in [1.54, 1.807) is 4.90 Å². The first-order chi connectivity index (χ1) is 12.9. The fraction of sp³-hybridized carbons (Fsp3) is 0.389. The van der Waals surface area contributed by atoms with E-state index in [4.69, 9.17) is 4.74 Å². The van der Waals surface area contributed by atoms with Gasteiger partial charge >= 0.3 is 12.3 Å². The molecule has 0 atom stereocenters. The number of benzene rings is 1. The van der Waals surface area contributed by atoms with Gasteiger partial charge in [0.25, 0.3) is 0 Å². The largest absolute Gasteiger partial charge is 0.445 e. The number of carbonyl (C=O) groups is 1. The zero-order chi connectivity index (χ0) is 19.3. The van der Waals surface area contributed by atoms with E-state index in [1.165, 1.54) is 0 Å². The molecule has 0 saturated carbocycles. The van der Waals surface area contributed by atoms with Crippen molar-refractivity contribution in [3.63, 3.8) is 0 Å².